The number of hydrogen-bond donors (Lipinski definition) is 1. The minimum atomic E-state index is -0.135. The number of nitrogens with one attached hydrogen (secondary N) is 1. The number of rotatable bonds is 2. The molecule has 3 heterocycles. The summed E-state index contributed by atoms with van der Waals surface area (Å²) in [5.74, 6) is 1.09. The van der Waals surface area contributed by atoms with Crippen molar-refractivity contribution in [3.63, 3.8) is 0 Å². The third-order valence-electron chi connectivity index (χ3n) is 5.04. The van der Waals surface area contributed by atoms with Crippen molar-refractivity contribution in [3.8, 4) is 11.5 Å². The minimum absolute atomic E-state index is 0.105. The molecule has 3 aliphatic heterocycles. The molecular formula is C18H23NO5. The molecule has 1 aromatic carbocycles. The molecule has 1 atom stereocenters. The van der Waals surface area contributed by atoms with Crippen molar-refractivity contribution in [3.05, 3.63) is 23.8 Å². The van der Waals surface area contributed by atoms with E-state index < -0.39 is 0 Å². The van der Waals surface area contributed by atoms with Gasteiger partial charge in [0, 0.05) is 25.9 Å². The number of carbonyl (C=O) groups excluding carboxylic acids is 1. The van der Waals surface area contributed by atoms with Crippen LogP contribution in [0.15, 0.2) is 18.2 Å². The van der Waals surface area contributed by atoms with Crippen LogP contribution in [-0.2, 0) is 9.47 Å². The molecule has 3 aliphatic rings. The Bertz CT molecular complexity index is 606. The van der Waals surface area contributed by atoms with E-state index in [1.165, 1.54) is 0 Å². The van der Waals surface area contributed by atoms with Gasteiger partial charge in [-0.25, -0.2) is 0 Å². The normalized spacial score (nSPS) is 25.2. The first-order valence-electron chi connectivity index (χ1n) is 8.67. The maximum Gasteiger partial charge on any atom is 0.255 e. The fourth-order valence-electron chi connectivity index (χ4n) is 3.76. The molecule has 4 rings (SSSR count). The van der Waals surface area contributed by atoms with Crippen LogP contribution in [0.3, 0.4) is 0 Å². The maximum atomic E-state index is 12.7. The summed E-state index contributed by atoms with van der Waals surface area (Å²) >= 11 is 0. The summed E-state index contributed by atoms with van der Waals surface area (Å²) < 4.78 is 22.7. The fourth-order valence-corrected chi connectivity index (χ4v) is 3.76. The second kappa shape index (κ2) is 6.61. The Morgan fingerprint density at radius 1 is 1.08 bits per heavy atom. The second-order valence-electron chi connectivity index (χ2n) is 6.64. The third-order valence-corrected chi connectivity index (χ3v) is 5.04. The summed E-state index contributed by atoms with van der Waals surface area (Å²) in [7, 11) is 0. The topological polar surface area (TPSA) is 66.0 Å². The molecule has 0 radical (unpaired) electrons. The van der Waals surface area contributed by atoms with Crippen LogP contribution in [-0.4, -0.2) is 50.6 Å². The highest BCUT2D eigenvalue weighted by molar-refractivity contribution is 5.98. The number of carbonyl (C=O) groups is 1. The Labute approximate surface area is 141 Å². The number of hydrogen-bond acceptors (Lipinski definition) is 5. The molecule has 130 valence electrons. The van der Waals surface area contributed by atoms with Gasteiger partial charge in [-0.1, -0.05) is 6.07 Å². The molecule has 24 heavy (non-hydrogen) atoms. The zero-order valence-electron chi connectivity index (χ0n) is 13.7. The Morgan fingerprint density at radius 3 is 2.79 bits per heavy atom. The molecule has 6 heteroatoms. The minimum Gasteiger partial charge on any atom is -0.486 e. The summed E-state index contributed by atoms with van der Waals surface area (Å²) in [5, 5.41) is 3.16. The van der Waals surface area contributed by atoms with Gasteiger partial charge in [-0.05, 0) is 37.8 Å². The van der Waals surface area contributed by atoms with Gasteiger partial charge in [0.05, 0.1) is 11.2 Å². The Kier molecular flexibility index (Phi) is 4.33. The van der Waals surface area contributed by atoms with E-state index in [2.05, 4.69) is 5.32 Å². The van der Waals surface area contributed by atoms with Crippen LogP contribution in [0.25, 0.3) is 0 Å². The van der Waals surface area contributed by atoms with E-state index in [-0.39, 0.29) is 17.6 Å². The first kappa shape index (κ1) is 15.7. The van der Waals surface area contributed by atoms with Gasteiger partial charge >= 0.3 is 0 Å². The number of amides is 1. The summed E-state index contributed by atoms with van der Waals surface area (Å²) in [4.78, 5) is 12.7. The maximum absolute atomic E-state index is 12.7. The third kappa shape index (κ3) is 3.08. The summed E-state index contributed by atoms with van der Waals surface area (Å²) in [6.45, 7) is 3.13. The molecule has 0 unspecified atom stereocenters. The summed E-state index contributed by atoms with van der Waals surface area (Å²) in [5.41, 5.74) is 0.407. The van der Waals surface area contributed by atoms with E-state index in [0.717, 1.165) is 38.9 Å². The van der Waals surface area contributed by atoms with Crippen LogP contribution in [0, 0.1) is 0 Å². The largest absolute Gasteiger partial charge is 0.486 e. The lowest BCUT2D eigenvalue weighted by molar-refractivity contribution is -0.139. The summed E-state index contributed by atoms with van der Waals surface area (Å²) in [6.07, 6.45) is 3.48. The molecule has 0 aromatic heterocycles. The fraction of sp³-hybridized carbons (Fsp3) is 0.611. The monoisotopic (exact) mass is 333 g/mol. The van der Waals surface area contributed by atoms with Crippen LogP contribution in [0.4, 0.5) is 0 Å². The van der Waals surface area contributed by atoms with Crippen molar-refractivity contribution in [2.45, 2.75) is 37.3 Å². The summed E-state index contributed by atoms with van der Waals surface area (Å²) in [6, 6.07) is 5.56. The smallest absolute Gasteiger partial charge is 0.255 e. The molecule has 6 nitrogen and oxygen atoms in total. The van der Waals surface area contributed by atoms with Crippen molar-refractivity contribution < 1.29 is 23.7 Å². The number of fused-ring (bicyclic) bond motifs is 1. The highest BCUT2D eigenvalue weighted by atomic mass is 16.6. The van der Waals surface area contributed by atoms with Crippen LogP contribution in [0.5, 0.6) is 11.5 Å². The van der Waals surface area contributed by atoms with Gasteiger partial charge in [0.15, 0.2) is 11.5 Å². The van der Waals surface area contributed by atoms with Gasteiger partial charge in [-0.2, -0.15) is 0 Å². The van der Waals surface area contributed by atoms with Crippen LogP contribution >= 0.6 is 0 Å². The van der Waals surface area contributed by atoms with Crippen molar-refractivity contribution in [1.29, 1.82) is 0 Å². The number of benzene rings is 1. The predicted molar refractivity (Wildman–Crippen MR) is 86.7 cm³/mol. The van der Waals surface area contributed by atoms with Gasteiger partial charge in [-0.3, -0.25) is 4.79 Å². The molecule has 1 N–H and O–H groups in total. The lowest BCUT2D eigenvalue weighted by atomic mass is 9.84. The molecule has 2 saturated heterocycles. The standard InChI is InChI=1S/C18H23NO5/c20-17(14-2-1-3-15-16(14)23-11-10-22-15)19-13-4-7-24-18(12-13)5-8-21-9-6-18/h1-3,13H,4-12H2,(H,19,20)/t13-/m1/s1. The average Bonchev–Trinajstić information content (AvgIpc) is 2.62. The van der Waals surface area contributed by atoms with E-state index >= 15 is 0 Å². The van der Waals surface area contributed by atoms with Crippen LogP contribution in [0.2, 0.25) is 0 Å². The molecule has 1 spiro atoms. The molecule has 2 fully saturated rings. The second-order valence-corrected chi connectivity index (χ2v) is 6.64. The molecule has 0 bridgehead atoms. The van der Waals surface area contributed by atoms with Crippen LogP contribution in [0.1, 0.15) is 36.0 Å². The first-order valence-corrected chi connectivity index (χ1v) is 8.67. The van der Waals surface area contributed by atoms with E-state index in [0.29, 0.717) is 36.9 Å². The highest BCUT2D eigenvalue weighted by Crippen LogP contribution is 2.36. The van der Waals surface area contributed by atoms with Crippen molar-refractivity contribution in [1.82, 2.24) is 5.32 Å². The lowest BCUT2D eigenvalue weighted by Gasteiger charge is -2.43. The quantitative estimate of drug-likeness (QED) is 0.896. The number of para-hydroxylation sites is 1. The predicted octanol–water partition coefficient (Wildman–Crippen LogP) is 1.92. The van der Waals surface area contributed by atoms with E-state index in [1.807, 2.05) is 12.1 Å². The van der Waals surface area contributed by atoms with Gasteiger partial charge in [-0.15, -0.1) is 0 Å². The molecule has 1 amide bonds. The first-order chi connectivity index (χ1) is 11.8. The zero-order chi connectivity index (χ0) is 16.4. The average molecular weight is 333 g/mol. The van der Waals surface area contributed by atoms with Gasteiger partial charge in [0.2, 0.25) is 0 Å². The van der Waals surface area contributed by atoms with Crippen molar-refractivity contribution >= 4 is 5.91 Å². The van der Waals surface area contributed by atoms with E-state index in [4.69, 9.17) is 18.9 Å². The molecule has 0 aliphatic carbocycles. The lowest BCUT2D eigenvalue weighted by Crippen LogP contribution is -2.51. The highest BCUT2D eigenvalue weighted by Gasteiger charge is 2.39. The molecule has 0 saturated carbocycles. The Hall–Kier alpha value is -1.79. The van der Waals surface area contributed by atoms with Gasteiger partial charge < -0.3 is 24.3 Å². The Balaban J connectivity index is 1.46. The van der Waals surface area contributed by atoms with E-state index in [1.54, 1.807) is 6.07 Å². The molecule has 1 aromatic rings. The van der Waals surface area contributed by atoms with E-state index in [9.17, 15) is 4.79 Å². The zero-order valence-corrected chi connectivity index (χ0v) is 13.7. The SMILES string of the molecule is O=C(N[C@@H]1CCOC2(CCOCC2)C1)c1cccc2c1OCCO2. The number of ether oxygens (including phenoxy) is 4. The van der Waals surface area contributed by atoms with Gasteiger partial charge in [0.25, 0.3) is 5.91 Å². The Morgan fingerprint density at radius 2 is 1.92 bits per heavy atom. The van der Waals surface area contributed by atoms with Crippen molar-refractivity contribution in [2.75, 3.05) is 33.0 Å². The van der Waals surface area contributed by atoms with Gasteiger partial charge in [0.1, 0.15) is 13.2 Å². The molecular weight excluding hydrogens is 310 g/mol. The van der Waals surface area contributed by atoms with Crippen LogP contribution < -0.4 is 14.8 Å². The van der Waals surface area contributed by atoms with Crippen molar-refractivity contribution in [2.24, 2.45) is 0 Å².